The molecule has 1 heterocycles. The summed E-state index contributed by atoms with van der Waals surface area (Å²) in [5, 5.41) is 4.06. The number of rotatable bonds is 6. The quantitative estimate of drug-likeness (QED) is 0.867. The third-order valence-corrected chi connectivity index (χ3v) is 4.38. The number of nitrogens with one attached hydrogen (secondary N) is 1. The highest BCUT2D eigenvalue weighted by molar-refractivity contribution is 6.33. The fourth-order valence-corrected chi connectivity index (χ4v) is 2.96. The van der Waals surface area contributed by atoms with Crippen LogP contribution in [0.3, 0.4) is 0 Å². The third-order valence-electron chi connectivity index (χ3n) is 4.08. The number of anilines is 1. The second-order valence-electron chi connectivity index (χ2n) is 5.39. The van der Waals surface area contributed by atoms with E-state index < -0.39 is 0 Å². The highest BCUT2D eigenvalue weighted by atomic mass is 35.5. The van der Waals surface area contributed by atoms with Crippen LogP contribution in [0, 0.1) is 0 Å². The number of benzene rings is 1. The molecule has 2 unspecified atom stereocenters. The highest BCUT2D eigenvalue weighted by Gasteiger charge is 2.20. The Labute approximate surface area is 127 Å². The van der Waals surface area contributed by atoms with Crippen molar-refractivity contribution in [2.75, 3.05) is 31.6 Å². The first kappa shape index (κ1) is 15.6. The van der Waals surface area contributed by atoms with Gasteiger partial charge in [0.05, 0.1) is 16.8 Å². The number of hydrogen-bond donors (Lipinski definition) is 1. The van der Waals surface area contributed by atoms with Gasteiger partial charge in [-0.25, -0.2) is 0 Å². The molecule has 1 fully saturated rings. The van der Waals surface area contributed by atoms with Gasteiger partial charge in [0.15, 0.2) is 0 Å². The average molecular weight is 297 g/mol. The Morgan fingerprint density at radius 2 is 2.30 bits per heavy atom. The number of nitrogens with zero attached hydrogens (tertiary/aromatic N) is 1. The SMILES string of the molecule is CCN(CC1CCCO1)c1ccc(C(C)NC)cc1Cl. The maximum atomic E-state index is 6.48. The molecule has 3 nitrogen and oxygen atoms in total. The van der Waals surface area contributed by atoms with Crippen LogP contribution < -0.4 is 10.2 Å². The summed E-state index contributed by atoms with van der Waals surface area (Å²) in [6.07, 6.45) is 2.68. The maximum absolute atomic E-state index is 6.48. The van der Waals surface area contributed by atoms with Crippen molar-refractivity contribution in [1.82, 2.24) is 5.32 Å². The summed E-state index contributed by atoms with van der Waals surface area (Å²) in [7, 11) is 1.96. The van der Waals surface area contributed by atoms with E-state index in [9.17, 15) is 0 Å². The van der Waals surface area contributed by atoms with Crippen LogP contribution >= 0.6 is 11.6 Å². The Kier molecular flexibility index (Phi) is 5.70. The van der Waals surface area contributed by atoms with E-state index >= 15 is 0 Å². The summed E-state index contributed by atoms with van der Waals surface area (Å²) in [6, 6.07) is 6.66. The Hall–Kier alpha value is -0.770. The predicted octanol–water partition coefficient (Wildman–Crippen LogP) is 3.63. The third kappa shape index (κ3) is 3.66. The van der Waals surface area contributed by atoms with Crippen LogP contribution in [0.4, 0.5) is 5.69 Å². The van der Waals surface area contributed by atoms with E-state index in [0.29, 0.717) is 12.1 Å². The Morgan fingerprint density at radius 3 is 2.85 bits per heavy atom. The van der Waals surface area contributed by atoms with Crippen molar-refractivity contribution < 1.29 is 4.74 Å². The second-order valence-corrected chi connectivity index (χ2v) is 5.80. The van der Waals surface area contributed by atoms with Crippen molar-refractivity contribution in [3.05, 3.63) is 28.8 Å². The molecule has 0 radical (unpaired) electrons. The minimum absolute atomic E-state index is 0.315. The molecule has 1 aromatic rings. The van der Waals surface area contributed by atoms with Crippen LogP contribution in [-0.2, 0) is 4.74 Å². The number of halogens is 1. The summed E-state index contributed by atoms with van der Waals surface area (Å²) >= 11 is 6.48. The summed E-state index contributed by atoms with van der Waals surface area (Å²) < 4.78 is 5.73. The molecule has 1 aromatic carbocycles. The molecule has 0 aromatic heterocycles. The lowest BCUT2D eigenvalue weighted by Gasteiger charge is -2.27. The van der Waals surface area contributed by atoms with Gasteiger partial charge in [0.2, 0.25) is 0 Å². The fraction of sp³-hybridized carbons (Fsp3) is 0.625. The van der Waals surface area contributed by atoms with Crippen molar-refractivity contribution in [3.63, 3.8) is 0 Å². The Bertz CT molecular complexity index is 432. The number of hydrogen-bond acceptors (Lipinski definition) is 3. The van der Waals surface area contributed by atoms with Gasteiger partial charge in [-0.05, 0) is 51.4 Å². The summed E-state index contributed by atoms with van der Waals surface area (Å²) in [4.78, 5) is 2.31. The molecule has 1 aliphatic rings. The lowest BCUT2D eigenvalue weighted by molar-refractivity contribution is 0.115. The largest absolute Gasteiger partial charge is 0.376 e. The molecule has 4 heteroatoms. The van der Waals surface area contributed by atoms with Crippen molar-refractivity contribution in [3.8, 4) is 0 Å². The normalized spacial score (nSPS) is 20.1. The van der Waals surface area contributed by atoms with Crippen LogP contribution in [0.15, 0.2) is 18.2 Å². The molecule has 1 saturated heterocycles. The van der Waals surface area contributed by atoms with E-state index in [1.54, 1.807) is 0 Å². The maximum Gasteiger partial charge on any atom is 0.0750 e. The molecule has 0 amide bonds. The van der Waals surface area contributed by atoms with E-state index in [1.807, 2.05) is 7.05 Å². The number of ether oxygens (including phenoxy) is 1. The fourth-order valence-electron chi connectivity index (χ4n) is 2.65. The summed E-state index contributed by atoms with van der Waals surface area (Å²) in [5.41, 5.74) is 2.33. The van der Waals surface area contributed by atoms with Crippen LogP contribution in [0.1, 0.15) is 38.3 Å². The average Bonchev–Trinajstić information content (AvgIpc) is 2.97. The van der Waals surface area contributed by atoms with E-state index in [4.69, 9.17) is 16.3 Å². The van der Waals surface area contributed by atoms with Crippen molar-refractivity contribution in [1.29, 1.82) is 0 Å². The van der Waals surface area contributed by atoms with Gasteiger partial charge in [-0.2, -0.15) is 0 Å². The van der Waals surface area contributed by atoms with Crippen LogP contribution in [0.2, 0.25) is 5.02 Å². The first-order valence-corrected chi connectivity index (χ1v) is 7.86. The lowest BCUT2D eigenvalue weighted by Crippen LogP contribution is -2.32. The first-order chi connectivity index (χ1) is 9.65. The molecule has 1 aliphatic heterocycles. The minimum Gasteiger partial charge on any atom is -0.376 e. The second kappa shape index (κ2) is 7.30. The van der Waals surface area contributed by atoms with Crippen molar-refractivity contribution >= 4 is 17.3 Å². The summed E-state index contributed by atoms with van der Waals surface area (Å²) in [5.74, 6) is 0. The Balaban J connectivity index is 2.12. The molecule has 0 bridgehead atoms. The smallest absolute Gasteiger partial charge is 0.0750 e. The molecule has 2 rings (SSSR count). The van der Waals surface area contributed by atoms with Crippen LogP contribution in [-0.4, -0.2) is 32.8 Å². The molecule has 1 N–H and O–H groups in total. The Morgan fingerprint density at radius 1 is 1.50 bits per heavy atom. The topological polar surface area (TPSA) is 24.5 Å². The molecule has 112 valence electrons. The molecule has 0 aliphatic carbocycles. The monoisotopic (exact) mass is 296 g/mol. The number of likely N-dealkylation sites (N-methyl/N-ethyl adjacent to an activating group) is 1. The molecular formula is C16H25ClN2O. The van der Waals surface area contributed by atoms with Gasteiger partial charge in [0.1, 0.15) is 0 Å². The zero-order valence-electron chi connectivity index (χ0n) is 12.7. The predicted molar refractivity (Wildman–Crippen MR) is 85.8 cm³/mol. The van der Waals surface area contributed by atoms with E-state index in [1.165, 1.54) is 12.0 Å². The van der Waals surface area contributed by atoms with E-state index in [0.717, 1.165) is 36.8 Å². The standard InChI is InChI=1S/C16H25ClN2O/c1-4-19(11-14-6-5-9-20-14)16-8-7-13(10-15(16)17)12(2)18-3/h7-8,10,12,14,18H,4-6,9,11H2,1-3H3. The van der Waals surface area contributed by atoms with Gasteiger partial charge in [-0.3, -0.25) is 0 Å². The van der Waals surface area contributed by atoms with Crippen molar-refractivity contribution in [2.24, 2.45) is 0 Å². The molecule has 20 heavy (non-hydrogen) atoms. The lowest BCUT2D eigenvalue weighted by atomic mass is 10.1. The van der Waals surface area contributed by atoms with Gasteiger partial charge in [-0.1, -0.05) is 17.7 Å². The van der Waals surface area contributed by atoms with E-state index in [-0.39, 0.29) is 0 Å². The van der Waals surface area contributed by atoms with Gasteiger partial charge in [0, 0.05) is 25.7 Å². The van der Waals surface area contributed by atoms with Crippen LogP contribution in [0.25, 0.3) is 0 Å². The molecular weight excluding hydrogens is 272 g/mol. The van der Waals surface area contributed by atoms with Gasteiger partial charge in [0.25, 0.3) is 0 Å². The van der Waals surface area contributed by atoms with E-state index in [2.05, 4.69) is 42.3 Å². The highest BCUT2D eigenvalue weighted by Crippen LogP contribution is 2.30. The summed E-state index contributed by atoms with van der Waals surface area (Å²) in [6.45, 7) is 7.07. The molecule has 2 atom stereocenters. The van der Waals surface area contributed by atoms with Gasteiger partial charge in [-0.15, -0.1) is 0 Å². The minimum atomic E-state index is 0.315. The first-order valence-electron chi connectivity index (χ1n) is 7.49. The van der Waals surface area contributed by atoms with Gasteiger partial charge >= 0.3 is 0 Å². The van der Waals surface area contributed by atoms with Crippen LogP contribution in [0.5, 0.6) is 0 Å². The molecule has 0 spiro atoms. The van der Waals surface area contributed by atoms with Crippen molar-refractivity contribution in [2.45, 2.75) is 38.8 Å². The van der Waals surface area contributed by atoms with Gasteiger partial charge < -0.3 is 15.0 Å². The zero-order valence-corrected chi connectivity index (χ0v) is 13.4. The molecule has 0 saturated carbocycles. The zero-order chi connectivity index (χ0) is 14.5.